The summed E-state index contributed by atoms with van der Waals surface area (Å²) >= 11 is 0. The zero-order chi connectivity index (χ0) is 10.5. The minimum absolute atomic E-state index is 0.613. The van der Waals surface area contributed by atoms with Crippen LogP contribution in [0.3, 0.4) is 0 Å². The van der Waals surface area contributed by atoms with Crippen LogP contribution in [0.25, 0.3) is 0 Å². The molecule has 0 aliphatic heterocycles. The van der Waals surface area contributed by atoms with Gasteiger partial charge in [-0.15, -0.1) is 0 Å². The molecule has 0 unspecified atom stereocenters. The van der Waals surface area contributed by atoms with Gasteiger partial charge < -0.3 is 5.32 Å². The number of nitrogens with one attached hydrogen (secondary N) is 1. The van der Waals surface area contributed by atoms with Crippen LogP contribution in [-0.2, 0) is 0 Å². The largest absolute Gasteiger partial charge is 0.367 e. The molecule has 1 aliphatic rings. The molecule has 0 amide bonds. The molecule has 2 rings (SSSR count). The molecule has 0 aromatic carbocycles. The number of hydrogen-bond acceptors (Lipinski definition) is 3. The van der Waals surface area contributed by atoms with Gasteiger partial charge in [-0.05, 0) is 19.8 Å². The van der Waals surface area contributed by atoms with E-state index in [1.165, 1.54) is 38.5 Å². The van der Waals surface area contributed by atoms with Crippen molar-refractivity contribution in [2.75, 3.05) is 5.32 Å². The van der Waals surface area contributed by atoms with Crippen LogP contribution in [-0.4, -0.2) is 16.0 Å². The van der Waals surface area contributed by atoms with Crippen LogP contribution in [0.4, 0.5) is 5.82 Å². The van der Waals surface area contributed by atoms with E-state index in [1.54, 1.807) is 6.33 Å². The van der Waals surface area contributed by atoms with E-state index in [2.05, 4.69) is 15.3 Å². The van der Waals surface area contributed by atoms with E-state index in [0.29, 0.717) is 6.04 Å². The maximum absolute atomic E-state index is 4.24. The van der Waals surface area contributed by atoms with Gasteiger partial charge in [0.1, 0.15) is 12.1 Å². The Balaban J connectivity index is 1.95. The molecule has 1 N–H and O–H groups in total. The van der Waals surface area contributed by atoms with Crippen LogP contribution in [0.1, 0.15) is 44.2 Å². The predicted octanol–water partition coefficient (Wildman–Crippen LogP) is 2.92. The number of anilines is 1. The number of aryl methyl sites for hydroxylation is 1. The normalized spacial score (nSPS) is 18.5. The fourth-order valence-corrected chi connectivity index (χ4v) is 2.17. The van der Waals surface area contributed by atoms with Gasteiger partial charge in [0, 0.05) is 17.8 Å². The summed E-state index contributed by atoms with van der Waals surface area (Å²) in [5, 5.41) is 3.51. The highest BCUT2D eigenvalue weighted by atomic mass is 15.0. The average Bonchev–Trinajstić information content (AvgIpc) is 2.46. The SMILES string of the molecule is Cc1cc(NC2CCCCCC2)ncn1. The van der Waals surface area contributed by atoms with E-state index in [0.717, 1.165) is 11.5 Å². The van der Waals surface area contributed by atoms with Crippen LogP contribution >= 0.6 is 0 Å². The summed E-state index contributed by atoms with van der Waals surface area (Å²) in [6.45, 7) is 2.00. The van der Waals surface area contributed by atoms with Crippen molar-refractivity contribution in [3.63, 3.8) is 0 Å². The maximum Gasteiger partial charge on any atom is 0.129 e. The second-order valence-electron chi connectivity index (χ2n) is 4.38. The molecular formula is C12H19N3. The molecule has 3 heteroatoms. The molecule has 0 atom stereocenters. The lowest BCUT2D eigenvalue weighted by Gasteiger charge is -2.16. The highest BCUT2D eigenvalue weighted by Crippen LogP contribution is 2.20. The van der Waals surface area contributed by atoms with E-state index >= 15 is 0 Å². The number of rotatable bonds is 2. The van der Waals surface area contributed by atoms with Gasteiger partial charge in [-0.25, -0.2) is 9.97 Å². The Hall–Kier alpha value is -1.12. The standard InChI is InChI=1S/C12H19N3/c1-10-8-12(14-9-13-10)15-11-6-4-2-3-5-7-11/h8-9,11H,2-7H2,1H3,(H,13,14,15). The van der Waals surface area contributed by atoms with Gasteiger partial charge in [-0.1, -0.05) is 25.7 Å². The summed E-state index contributed by atoms with van der Waals surface area (Å²) in [6.07, 6.45) is 9.67. The van der Waals surface area contributed by atoms with Crippen molar-refractivity contribution >= 4 is 5.82 Å². The smallest absolute Gasteiger partial charge is 0.129 e. The van der Waals surface area contributed by atoms with Crippen LogP contribution < -0.4 is 5.32 Å². The molecule has 0 radical (unpaired) electrons. The van der Waals surface area contributed by atoms with Crippen LogP contribution in [0.15, 0.2) is 12.4 Å². The Bertz CT molecular complexity index is 303. The molecule has 1 fully saturated rings. The summed E-state index contributed by atoms with van der Waals surface area (Å²) in [7, 11) is 0. The second kappa shape index (κ2) is 5.10. The summed E-state index contributed by atoms with van der Waals surface area (Å²) in [6, 6.07) is 2.63. The third-order valence-corrected chi connectivity index (χ3v) is 3.01. The van der Waals surface area contributed by atoms with Crippen molar-refractivity contribution < 1.29 is 0 Å². The van der Waals surface area contributed by atoms with E-state index in [9.17, 15) is 0 Å². The van der Waals surface area contributed by atoms with Crippen molar-refractivity contribution in [3.8, 4) is 0 Å². The van der Waals surface area contributed by atoms with Gasteiger partial charge >= 0.3 is 0 Å². The van der Waals surface area contributed by atoms with Crippen molar-refractivity contribution in [2.24, 2.45) is 0 Å². The van der Waals surface area contributed by atoms with Crippen molar-refractivity contribution in [1.82, 2.24) is 9.97 Å². The summed E-state index contributed by atoms with van der Waals surface area (Å²) in [4.78, 5) is 8.34. The van der Waals surface area contributed by atoms with E-state index in [1.807, 2.05) is 13.0 Å². The van der Waals surface area contributed by atoms with E-state index in [-0.39, 0.29) is 0 Å². The van der Waals surface area contributed by atoms with Crippen LogP contribution in [0.5, 0.6) is 0 Å². The topological polar surface area (TPSA) is 37.8 Å². The highest BCUT2D eigenvalue weighted by molar-refractivity contribution is 5.35. The Morgan fingerprint density at radius 2 is 1.87 bits per heavy atom. The molecule has 3 nitrogen and oxygen atoms in total. The lowest BCUT2D eigenvalue weighted by molar-refractivity contribution is 0.617. The first kappa shape index (κ1) is 10.4. The number of hydrogen-bond donors (Lipinski definition) is 1. The van der Waals surface area contributed by atoms with Crippen molar-refractivity contribution in [2.45, 2.75) is 51.5 Å². The molecular weight excluding hydrogens is 186 g/mol. The zero-order valence-electron chi connectivity index (χ0n) is 9.37. The Morgan fingerprint density at radius 1 is 1.13 bits per heavy atom. The lowest BCUT2D eigenvalue weighted by atomic mass is 10.1. The molecule has 15 heavy (non-hydrogen) atoms. The Morgan fingerprint density at radius 3 is 2.53 bits per heavy atom. The lowest BCUT2D eigenvalue weighted by Crippen LogP contribution is -2.19. The van der Waals surface area contributed by atoms with Gasteiger partial charge in [0.25, 0.3) is 0 Å². The summed E-state index contributed by atoms with van der Waals surface area (Å²) < 4.78 is 0. The molecule has 1 saturated carbocycles. The van der Waals surface area contributed by atoms with Gasteiger partial charge in [-0.2, -0.15) is 0 Å². The Kier molecular flexibility index (Phi) is 3.54. The summed E-state index contributed by atoms with van der Waals surface area (Å²) in [5.74, 6) is 0.981. The molecule has 1 heterocycles. The van der Waals surface area contributed by atoms with Crippen LogP contribution in [0, 0.1) is 6.92 Å². The quantitative estimate of drug-likeness (QED) is 0.754. The zero-order valence-corrected chi connectivity index (χ0v) is 9.37. The third-order valence-electron chi connectivity index (χ3n) is 3.01. The summed E-state index contributed by atoms with van der Waals surface area (Å²) in [5.41, 5.74) is 1.03. The number of nitrogens with zero attached hydrogens (tertiary/aromatic N) is 2. The van der Waals surface area contributed by atoms with E-state index in [4.69, 9.17) is 0 Å². The monoisotopic (exact) mass is 205 g/mol. The van der Waals surface area contributed by atoms with Crippen LogP contribution in [0.2, 0.25) is 0 Å². The van der Waals surface area contributed by atoms with Gasteiger partial charge in [0.2, 0.25) is 0 Å². The molecule has 82 valence electrons. The van der Waals surface area contributed by atoms with E-state index < -0.39 is 0 Å². The van der Waals surface area contributed by atoms with Crippen molar-refractivity contribution in [1.29, 1.82) is 0 Å². The maximum atomic E-state index is 4.24. The average molecular weight is 205 g/mol. The highest BCUT2D eigenvalue weighted by Gasteiger charge is 2.12. The third kappa shape index (κ3) is 3.18. The molecule has 0 bridgehead atoms. The molecule has 1 aromatic heterocycles. The fraction of sp³-hybridized carbons (Fsp3) is 0.667. The fourth-order valence-electron chi connectivity index (χ4n) is 2.17. The molecule has 0 spiro atoms. The van der Waals surface area contributed by atoms with Gasteiger partial charge in [0.05, 0.1) is 0 Å². The minimum atomic E-state index is 0.613. The first-order valence-corrected chi connectivity index (χ1v) is 5.90. The molecule has 1 aliphatic carbocycles. The number of aromatic nitrogens is 2. The predicted molar refractivity (Wildman–Crippen MR) is 61.9 cm³/mol. The minimum Gasteiger partial charge on any atom is -0.367 e. The Labute approximate surface area is 91.3 Å². The molecule has 0 saturated heterocycles. The first-order valence-electron chi connectivity index (χ1n) is 5.90. The van der Waals surface area contributed by atoms with Crippen molar-refractivity contribution in [3.05, 3.63) is 18.1 Å². The second-order valence-corrected chi connectivity index (χ2v) is 4.38. The molecule has 1 aromatic rings. The van der Waals surface area contributed by atoms with Gasteiger partial charge in [-0.3, -0.25) is 0 Å². The first-order chi connectivity index (χ1) is 7.34. The van der Waals surface area contributed by atoms with Gasteiger partial charge in [0.15, 0.2) is 0 Å².